The van der Waals surface area contributed by atoms with E-state index in [1.807, 2.05) is 45.3 Å². The van der Waals surface area contributed by atoms with Crippen LogP contribution < -0.4 is 9.64 Å². The number of carbonyl (C=O) groups is 1. The molecule has 162 valence electrons. The van der Waals surface area contributed by atoms with Gasteiger partial charge in [-0.25, -0.2) is 4.98 Å². The zero-order chi connectivity index (χ0) is 21.0. The van der Waals surface area contributed by atoms with E-state index in [-0.39, 0.29) is 18.3 Å². The topological polar surface area (TPSA) is 45.7 Å². The smallest absolute Gasteiger partial charge is 0.233 e. The molecule has 0 spiro atoms. The number of ether oxygens (including phenoxy) is 1. The fraction of sp³-hybridized carbons (Fsp3) is 0.364. The molecular formula is C22H27Cl2N3O2S. The van der Waals surface area contributed by atoms with Crippen molar-refractivity contribution in [1.82, 2.24) is 9.88 Å². The van der Waals surface area contributed by atoms with E-state index >= 15 is 0 Å². The summed E-state index contributed by atoms with van der Waals surface area (Å²) in [5.41, 5.74) is 2.84. The summed E-state index contributed by atoms with van der Waals surface area (Å²) in [6, 6.07) is 11.7. The number of amides is 1. The van der Waals surface area contributed by atoms with Gasteiger partial charge in [0.15, 0.2) is 5.13 Å². The minimum Gasteiger partial charge on any atom is -0.494 e. The second-order valence-corrected chi connectivity index (χ2v) is 8.68. The van der Waals surface area contributed by atoms with E-state index in [1.54, 1.807) is 24.1 Å². The van der Waals surface area contributed by atoms with Crippen LogP contribution in [0.15, 0.2) is 36.4 Å². The monoisotopic (exact) mass is 467 g/mol. The summed E-state index contributed by atoms with van der Waals surface area (Å²) < 4.78 is 6.27. The first-order valence-corrected chi connectivity index (χ1v) is 10.7. The van der Waals surface area contributed by atoms with Gasteiger partial charge in [0.25, 0.3) is 0 Å². The number of aromatic nitrogens is 1. The summed E-state index contributed by atoms with van der Waals surface area (Å²) in [5.74, 6) is 0.690. The number of thiazole rings is 1. The summed E-state index contributed by atoms with van der Waals surface area (Å²) in [6.07, 6.45) is 1.19. The van der Waals surface area contributed by atoms with Gasteiger partial charge in [0.05, 0.1) is 23.3 Å². The molecule has 0 atom stereocenters. The Morgan fingerprint density at radius 3 is 2.63 bits per heavy atom. The van der Waals surface area contributed by atoms with Crippen LogP contribution in [0.4, 0.5) is 5.13 Å². The van der Waals surface area contributed by atoms with Crippen LogP contribution in [0.5, 0.6) is 5.75 Å². The number of anilines is 1. The van der Waals surface area contributed by atoms with E-state index in [0.29, 0.717) is 34.4 Å². The Labute approximate surface area is 193 Å². The predicted molar refractivity (Wildman–Crippen MR) is 129 cm³/mol. The molecule has 0 saturated carbocycles. The number of hydrogen-bond donors (Lipinski definition) is 0. The number of benzene rings is 2. The molecule has 0 fully saturated rings. The predicted octanol–water partition coefficient (Wildman–Crippen LogP) is 5.22. The number of methoxy groups -OCH3 is 1. The lowest BCUT2D eigenvalue weighted by Crippen LogP contribution is -2.34. The summed E-state index contributed by atoms with van der Waals surface area (Å²) in [7, 11) is 5.67. The fourth-order valence-corrected chi connectivity index (χ4v) is 4.49. The normalized spacial score (nSPS) is 10.9. The second-order valence-electron chi connectivity index (χ2n) is 7.29. The van der Waals surface area contributed by atoms with Crippen LogP contribution >= 0.6 is 35.3 Å². The number of halogens is 2. The minimum atomic E-state index is 0. The molecule has 0 saturated heterocycles. The Morgan fingerprint density at radius 1 is 1.20 bits per heavy atom. The van der Waals surface area contributed by atoms with Crippen LogP contribution in [0.3, 0.4) is 0 Å². The van der Waals surface area contributed by atoms with Crippen LogP contribution in [0.25, 0.3) is 10.2 Å². The number of fused-ring (bicyclic) bond motifs is 1. The molecular weight excluding hydrogens is 441 g/mol. The standard InChI is InChI=1S/C22H26ClN3O2S.ClH/c1-15-7-5-8-16(13-15)14-19(27)26(12-6-11-25(2)3)22-24-20-18(28-4)10-9-17(23)21(20)29-22;/h5,7-10,13H,6,11-12,14H2,1-4H3;1H. The number of hydrogen-bond acceptors (Lipinski definition) is 5. The van der Waals surface area contributed by atoms with Crippen molar-refractivity contribution in [3.05, 3.63) is 52.5 Å². The third kappa shape index (κ3) is 5.85. The maximum atomic E-state index is 13.2. The SMILES string of the molecule is COc1ccc(Cl)c2sc(N(CCCN(C)C)C(=O)Cc3cccc(C)c3)nc12.Cl. The maximum absolute atomic E-state index is 13.2. The van der Waals surface area contributed by atoms with Gasteiger partial charge >= 0.3 is 0 Å². The van der Waals surface area contributed by atoms with Crippen molar-refractivity contribution in [3.8, 4) is 5.75 Å². The summed E-state index contributed by atoms with van der Waals surface area (Å²) >= 11 is 7.81. The van der Waals surface area contributed by atoms with Gasteiger partial charge in [0.2, 0.25) is 5.91 Å². The molecule has 0 N–H and O–H groups in total. The first-order chi connectivity index (χ1) is 13.9. The Bertz CT molecular complexity index is 1010. The van der Waals surface area contributed by atoms with Crippen molar-refractivity contribution < 1.29 is 9.53 Å². The minimum absolute atomic E-state index is 0. The molecule has 8 heteroatoms. The average Bonchev–Trinajstić information content (AvgIpc) is 3.11. The van der Waals surface area contributed by atoms with Gasteiger partial charge in [-0.05, 0) is 51.7 Å². The van der Waals surface area contributed by atoms with Crippen molar-refractivity contribution in [2.75, 3.05) is 39.2 Å². The van der Waals surface area contributed by atoms with Crippen LogP contribution in [0.1, 0.15) is 17.5 Å². The van der Waals surface area contributed by atoms with Crippen molar-refractivity contribution in [2.24, 2.45) is 0 Å². The highest BCUT2D eigenvalue weighted by molar-refractivity contribution is 7.23. The molecule has 3 aromatic rings. The van der Waals surface area contributed by atoms with Gasteiger partial charge in [0.1, 0.15) is 11.3 Å². The van der Waals surface area contributed by atoms with Crippen molar-refractivity contribution in [2.45, 2.75) is 19.8 Å². The van der Waals surface area contributed by atoms with E-state index in [4.69, 9.17) is 21.3 Å². The highest BCUT2D eigenvalue weighted by Gasteiger charge is 2.22. The first-order valence-electron chi connectivity index (χ1n) is 9.52. The fourth-order valence-electron chi connectivity index (χ4n) is 3.19. The zero-order valence-electron chi connectivity index (χ0n) is 17.6. The summed E-state index contributed by atoms with van der Waals surface area (Å²) in [5, 5.41) is 1.27. The molecule has 0 unspecified atom stereocenters. The van der Waals surface area contributed by atoms with Gasteiger partial charge in [-0.3, -0.25) is 9.69 Å². The molecule has 0 aliphatic heterocycles. The first kappa shape index (κ1) is 24.4. The molecule has 1 heterocycles. The molecule has 3 rings (SSSR count). The second kappa shape index (κ2) is 11.0. The molecule has 0 bridgehead atoms. The molecule has 1 aromatic heterocycles. The largest absolute Gasteiger partial charge is 0.494 e. The van der Waals surface area contributed by atoms with Crippen LogP contribution in [-0.2, 0) is 11.2 Å². The molecule has 5 nitrogen and oxygen atoms in total. The Hall–Kier alpha value is -1.86. The number of carbonyl (C=O) groups excluding carboxylic acids is 1. The summed E-state index contributed by atoms with van der Waals surface area (Å²) in [4.78, 5) is 21.9. The Morgan fingerprint density at radius 2 is 1.97 bits per heavy atom. The van der Waals surface area contributed by atoms with Gasteiger partial charge in [0, 0.05) is 6.54 Å². The van der Waals surface area contributed by atoms with Gasteiger partial charge < -0.3 is 9.64 Å². The van der Waals surface area contributed by atoms with E-state index in [2.05, 4.69) is 4.90 Å². The van der Waals surface area contributed by atoms with E-state index in [1.165, 1.54) is 11.3 Å². The van der Waals surface area contributed by atoms with E-state index in [9.17, 15) is 4.79 Å². The van der Waals surface area contributed by atoms with Gasteiger partial charge in [-0.15, -0.1) is 12.4 Å². The average molecular weight is 468 g/mol. The maximum Gasteiger partial charge on any atom is 0.233 e. The van der Waals surface area contributed by atoms with E-state index in [0.717, 1.165) is 28.8 Å². The van der Waals surface area contributed by atoms with Gasteiger partial charge in [-0.1, -0.05) is 52.8 Å². The number of aryl methyl sites for hydroxylation is 1. The Kier molecular flexibility index (Phi) is 8.92. The number of rotatable bonds is 8. The van der Waals surface area contributed by atoms with Gasteiger partial charge in [-0.2, -0.15) is 0 Å². The molecule has 1 amide bonds. The quantitative estimate of drug-likeness (QED) is 0.455. The van der Waals surface area contributed by atoms with E-state index < -0.39 is 0 Å². The van der Waals surface area contributed by atoms with Crippen LogP contribution in [-0.4, -0.2) is 50.1 Å². The van der Waals surface area contributed by atoms with Crippen LogP contribution in [0.2, 0.25) is 5.02 Å². The van der Waals surface area contributed by atoms with Crippen LogP contribution in [0, 0.1) is 6.92 Å². The molecule has 0 radical (unpaired) electrons. The van der Waals surface area contributed by atoms with Crippen molar-refractivity contribution >= 4 is 56.6 Å². The highest BCUT2D eigenvalue weighted by Crippen LogP contribution is 2.38. The third-order valence-corrected chi connectivity index (χ3v) is 6.16. The third-order valence-electron chi connectivity index (χ3n) is 4.62. The molecule has 2 aromatic carbocycles. The number of nitrogens with zero attached hydrogens (tertiary/aromatic N) is 3. The van der Waals surface area contributed by atoms with Crippen molar-refractivity contribution in [1.29, 1.82) is 0 Å². The lowest BCUT2D eigenvalue weighted by molar-refractivity contribution is -0.118. The Balaban J connectivity index is 0.00000320. The molecule has 0 aliphatic carbocycles. The molecule has 0 aliphatic rings. The lowest BCUT2D eigenvalue weighted by Gasteiger charge is -2.21. The summed E-state index contributed by atoms with van der Waals surface area (Å²) in [6.45, 7) is 3.52. The lowest BCUT2D eigenvalue weighted by atomic mass is 10.1. The highest BCUT2D eigenvalue weighted by atomic mass is 35.5. The van der Waals surface area contributed by atoms with Crippen molar-refractivity contribution in [3.63, 3.8) is 0 Å². The molecule has 30 heavy (non-hydrogen) atoms. The zero-order valence-corrected chi connectivity index (χ0v) is 20.0.